The summed E-state index contributed by atoms with van der Waals surface area (Å²) < 4.78 is 91.4. The average molecular weight is 444 g/mol. The fraction of sp³-hybridized carbons (Fsp3) is 0.684. The number of sulfone groups is 1. The summed E-state index contributed by atoms with van der Waals surface area (Å²) in [6, 6.07) is 0. The predicted octanol–water partition coefficient (Wildman–Crippen LogP) is 4.26. The van der Waals surface area contributed by atoms with E-state index in [1.165, 1.54) is 0 Å². The molecule has 3 atom stereocenters. The first-order valence-corrected chi connectivity index (χ1v) is 10.6. The Morgan fingerprint density at radius 2 is 1.79 bits per heavy atom. The minimum absolute atomic E-state index is 0.0493. The van der Waals surface area contributed by atoms with E-state index in [-0.39, 0.29) is 11.0 Å². The Balaban J connectivity index is 2.78. The molecule has 2 rings (SSSR count). The van der Waals surface area contributed by atoms with Crippen molar-refractivity contribution in [3.8, 4) is 0 Å². The van der Waals surface area contributed by atoms with Gasteiger partial charge in [-0.2, -0.15) is 13.2 Å². The molecule has 4 nitrogen and oxygen atoms in total. The number of halogens is 5. The van der Waals surface area contributed by atoms with Gasteiger partial charge in [-0.05, 0) is 42.7 Å². The highest BCUT2D eigenvalue weighted by molar-refractivity contribution is 7.96. The first-order valence-electron chi connectivity index (χ1n) is 9.08. The van der Waals surface area contributed by atoms with Crippen LogP contribution in [0, 0.1) is 11.3 Å². The van der Waals surface area contributed by atoms with Crippen LogP contribution in [0.1, 0.15) is 46.5 Å². The van der Waals surface area contributed by atoms with Gasteiger partial charge in [0.2, 0.25) is 0 Å². The largest absolute Gasteiger partial charge is 0.501 e. The Labute approximate surface area is 166 Å². The zero-order valence-electron chi connectivity index (χ0n) is 16.4. The molecule has 0 heterocycles. The fourth-order valence-corrected chi connectivity index (χ4v) is 5.05. The maximum Gasteiger partial charge on any atom is 0.501 e. The Hall–Kier alpha value is -1.26. The maximum absolute atomic E-state index is 14.3. The van der Waals surface area contributed by atoms with Crippen molar-refractivity contribution in [3.05, 3.63) is 34.3 Å². The molecule has 2 fully saturated rings. The summed E-state index contributed by atoms with van der Waals surface area (Å²) in [4.78, 5) is -1.37. The molecule has 166 valence electrons. The van der Waals surface area contributed by atoms with Crippen LogP contribution in [-0.2, 0) is 9.84 Å². The average Bonchev–Trinajstić information content (AvgIpc) is 2.79. The molecule has 0 saturated heterocycles. The van der Waals surface area contributed by atoms with Crippen LogP contribution in [0.4, 0.5) is 22.0 Å². The summed E-state index contributed by atoms with van der Waals surface area (Å²) >= 11 is 0. The zero-order valence-corrected chi connectivity index (χ0v) is 17.2. The molecule has 2 saturated carbocycles. The first kappa shape index (κ1) is 24.0. The lowest BCUT2D eigenvalue weighted by atomic mass is 9.67. The van der Waals surface area contributed by atoms with E-state index in [1.807, 2.05) is 13.8 Å². The van der Waals surface area contributed by atoms with Gasteiger partial charge in [0, 0.05) is 17.9 Å². The summed E-state index contributed by atoms with van der Waals surface area (Å²) in [6.45, 7) is 7.93. The minimum atomic E-state index is -5.93. The summed E-state index contributed by atoms with van der Waals surface area (Å²) in [7, 11) is -5.93. The van der Waals surface area contributed by atoms with Gasteiger partial charge in [-0.15, -0.1) is 0 Å². The lowest BCUT2D eigenvalue weighted by Gasteiger charge is -2.40. The summed E-state index contributed by atoms with van der Waals surface area (Å²) in [5.74, 6) is -4.57. The Bertz CT molecular complexity index is 852. The molecule has 1 unspecified atom stereocenters. The maximum atomic E-state index is 14.3. The lowest BCUT2D eigenvalue weighted by Crippen LogP contribution is -2.34. The van der Waals surface area contributed by atoms with Gasteiger partial charge in [0.05, 0.1) is 11.0 Å². The van der Waals surface area contributed by atoms with Crippen LogP contribution in [0.25, 0.3) is 0 Å². The van der Waals surface area contributed by atoms with Gasteiger partial charge in [0.25, 0.3) is 15.8 Å². The third-order valence-corrected chi connectivity index (χ3v) is 7.46. The van der Waals surface area contributed by atoms with Gasteiger partial charge in [-0.1, -0.05) is 26.5 Å². The standard InChI is InChI=1S/C19H25F5O4S/c1-5-11(12-8-17(3,4)7-6-14(12)25)13-9-18(20,21)16(26)15(13)10(2)29(27,28)19(22,23)24/h5,12,14,16,25-26H,1,6-9H2,2-4H3/b13-11+,15-10-/t12-,14?,16+/m1/s1. The highest BCUT2D eigenvalue weighted by Gasteiger charge is 2.55. The second-order valence-corrected chi connectivity index (χ2v) is 10.6. The van der Waals surface area contributed by atoms with Gasteiger partial charge in [0.15, 0.2) is 0 Å². The van der Waals surface area contributed by atoms with E-state index in [0.717, 1.165) is 6.08 Å². The van der Waals surface area contributed by atoms with Crippen LogP contribution in [0.15, 0.2) is 34.3 Å². The molecule has 0 radical (unpaired) electrons. The number of aliphatic hydroxyl groups is 2. The molecule has 0 spiro atoms. The van der Waals surface area contributed by atoms with Gasteiger partial charge >= 0.3 is 5.51 Å². The number of allylic oxidation sites excluding steroid dienone is 2. The number of hydrogen-bond acceptors (Lipinski definition) is 4. The molecule has 2 aliphatic rings. The fourth-order valence-electron chi connectivity index (χ4n) is 4.17. The summed E-state index contributed by atoms with van der Waals surface area (Å²) in [5.41, 5.74) is -7.28. The second-order valence-electron chi connectivity index (χ2n) is 8.48. The predicted molar refractivity (Wildman–Crippen MR) is 97.6 cm³/mol. The van der Waals surface area contributed by atoms with E-state index < -0.39 is 61.9 Å². The second kappa shape index (κ2) is 7.46. The zero-order chi connectivity index (χ0) is 22.6. The third kappa shape index (κ3) is 4.29. The quantitative estimate of drug-likeness (QED) is 0.638. The number of aliphatic hydroxyl groups excluding tert-OH is 2. The van der Waals surface area contributed by atoms with Crippen molar-refractivity contribution in [2.45, 2.75) is 70.1 Å². The van der Waals surface area contributed by atoms with Crippen LogP contribution in [0.2, 0.25) is 0 Å². The molecule has 2 aliphatic carbocycles. The van der Waals surface area contributed by atoms with E-state index in [4.69, 9.17) is 0 Å². The van der Waals surface area contributed by atoms with E-state index in [2.05, 4.69) is 6.58 Å². The van der Waals surface area contributed by atoms with E-state index in [1.54, 1.807) is 0 Å². The van der Waals surface area contributed by atoms with Crippen molar-refractivity contribution >= 4 is 9.84 Å². The summed E-state index contributed by atoms with van der Waals surface area (Å²) in [6.07, 6.45) is -2.29. The first-order chi connectivity index (χ1) is 13.0. The van der Waals surface area contributed by atoms with Crippen LogP contribution < -0.4 is 0 Å². The molecule has 0 aliphatic heterocycles. The Kier molecular flexibility index (Phi) is 6.18. The van der Waals surface area contributed by atoms with Crippen molar-refractivity contribution < 1.29 is 40.6 Å². The van der Waals surface area contributed by atoms with Crippen molar-refractivity contribution in [3.63, 3.8) is 0 Å². The summed E-state index contributed by atoms with van der Waals surface area (Å²) in [5, 5.41) is 20.5. The normalized spacial score (nSPS) is 33.4. The molecule has 0 amide bonds. The topological polar surface area (TPSA) is 74.6 Å². The molecule has 0 aromatic rings. The molecule has 0 bridgehead atoms. The van der Waals surface area contributed by atoms with E-state index in [0.29, 0.717) is 26.2 Å². The molecule has 0 aromatic heterocycles. The molecular weight excluding hydrogens is 419 g/mol. The molecule has 29 heavy (non-hydrogen) atoms. The Morgan fingerprint density at radius 3 is 2.28 bits per heavy atom. The molecule has 2 N–H and O–H groups in total. The number of rotatable bonds is 3. The lowest BCUT2D eigenvalue weighted by molar-refractivity contribution is -0.0737. The van der Waals surface area contributed by atoms with Crippen molar-refractivity contribution in [1.29, 1.82) is 0 Å². The van der Waals surface area contributed by atoms with Crippen LogP contribution >= 0.6 is 0 Å². The van der Waals surface area contributed by atoms with Crippen LogP contribution in [0.5, 0.6) is 0 Å². The monoisotopic (exact) mass is 444 g/mol. The van der Waals surface area contributed by atoms with Gasteiger partial charge in [-0.3, -0.25) is 0 Å². The van der Waals surface area contributed by atoms with Crippen LogP contribution in [-0.4, -0.2) is 42.3 Å². The van der Waals surface area contributed by atoms with Gasteiger partial charge < -0.3 is 10.2 Å². The van der Waals surface area contributed by atoms with E-state index >= 15 is 0 Å². The van der Waals surface area contributed by atoms with Gasteiger partial charge in [0.1, 0.15) is 6.10 Å². The minimum Gasteiger partial charge on any atom is -0.392 e. The van der Waals surface area contributed by atoms with Crippen molar-refractivity contribution in [2.75, 3.05) is 0 Å². The highest BCUT2D eigenvalue weighted by atomic mass is 32.2. The van der Waals surface area contributed by atoms with E-state index in [9.17, 15) is 40.6 Å². The Morgan fingerprint density at radius 1 is 1.24 bits per heavy atom. The van der Waals surface area contributed by atoms with Gasteiger partial charge in [-0.25, -0.2) is 17.2 Å². The highest BCUT2D eigenvalue weighted by Crippen LogP contribution is 2.51. The molecular formula is C19H25F5O4S. The van der Waals surface area contributed by atoms with Crippen molar-refractivity contribution in [2.24, 2.45) is 11.3 Å². The molecule has 0 aromatic carbocycles. The van der Waals surface area contributed by atoms with Crippen molar-refractivity contribution in [1.82, 2.24) is 0 Å². The van der Waals surface area contributed by atoms with Crippen LogP contribution in [0.3, 0.4) is 0 Å². The third-order valence-electron chi connectivity index (χ3n) is 5.82. The number of alkyl halides is 5. The smallest absolute Gasteiger partial charge is 0.392 e. The SMILES string of the molecule is C=C/C(=C1/CC(F)(F)[C@@H](O)/C1=C(/C)S(=O)(=O)C(F)(F)F)[C@H]1CC(C)(C)CCC1O. The number of hydrogen-bond donors (Lipinski definition) is 2. The molecule has 10 heteroatoms.